The number of carbonyl (C=O) groups is 1. The highest BCUT2D eigenvalue weighted by molar-refractivity contribution is 6.06. The van der Waals surface area contributed by atoms with Gasteiger partial charge in [0, 0.05) is 21.8 Å². The highest BCUT2D eigenvalue weighted by Crippen LogP contribution is 2.24. The fraction of sp³-hybridized carbons (Fsp3) is 0.133. The molecule has 2 nitrogen and oxygen atoms in total. The van der Waals surface area contributed by atoms with Gasteiger partial charge in [0.25, 0.3) is 0 Å². The predicted octanol–water partition coefficient (Wildman–Crippen LogP) is 3.92. The summed E-state index contributed by atoms with van der Waals surface area (Å²) in [6.07, 6.45) is 0. The third-order valence-electron chi connectivity index (χ3n) is 2.41. The van der Waals surface area contributed by atoms with Crippen LogP contribution in [0.25, 0.3) is 21.8 Å². The Labute approximate surface area is 100 Å². The van der Waals surface area contributed by atoms with Crippen molar-refractivity contribution in [2.45, 2.75) is 13.8 Å². The van der Waals surface area contributed by atoms with Gasteiger partial charge in [0.05, 0.1) is 0 Å². The molecule has 0 fully saturated rings. The second-order valence-electron chi connectivity index (χ2n) is 4.12. The summed E-state index contributed by atoms with van der Waals surface area (Å²) >= 11 is 0. The maximum Gasteiger partial charge on any atom is 0.126 e. The van der Waals surface area contributed by atoms with E-state index in [-0.39, 0.29) is 5.78 Å². The van der Waals surface area contributed by atoms with Gasteiger partial charge in [-0.25, -0.2) is 0 Å². The molecule has 0 saturated heterocycles. The largest absolute Gasteiger partial charge is 0.355 e. The molecule has 0 bridgehead atoms. The molecule has 0 atom stereocenters. The van der Waals surface area contributed by atoms with Gasteiger partial charge in [-0.2, -0.15) is 0 Å². The molecule has 0 radical (unpaired) electrons. The summed E-state index contributed by atoms with van der Waals surface area (Å²) in [6, 6.07) is 16.8. The van der Waals surface area contributed by atoms with Gasteiger partial charge in [-0.05, 0) is 26.0 Å². The molecule has 3 aromatic rings. The molecule has 1 aromatic heterocycles. The number of nitrogens with one attached hydrogen (secondary N) is 1. The normalized spacial score (nSPS) is 10.0. The van der Waals surface area contributed by atoms with Crippen molar-refractivity contribution in [1.82, 2.24) is 4.98 Å². The average Bonchev–Trinajstić information content (AvgIpc) is 2.66. The fourth-order valence-corrected chi connectivity index (χ4v) is 1.80. The Morgan fingerprint density at radius 3 is 1.59 bits per heavy atom. The summed E-state index contributed by atoms with van der Waals surface area (Å²) < 4.78 is 0. The highest BCUT2D eigenvalue weighted by Gasteiger charge is 2.00. The van der Waals surface area contributed by atoms with Crippen LogP contribution in [-0.2, 0) is 4.79 Å². The number of hydrogen-bond acceptors (Lipinski definition) is 1. The Kier molecular flexibility index (Phi) is 3.24. The molecule has 2 aromatic carbocycles. The minimum Gasteiger partial charge on any atom is -0.355 e. The smallest absolute Gasteiger partial charge is 0.126 e. The van der Waals surface area contributed by atoms with E-state index in [1.165, 1.54) is 35.7 Å². The first-order chi connectivity index (χ1) is 8.18. The lowest BCUT2D eigenvalue weighted by Gasteiger charge is -1.87. The fourth-order valence-electron chi connectivity index (χ4n) is 1.80. The summed E-state index contributed by atoms with van der Waals surface area (Å²) in [6.45, 7) is 3.06. The minimum atomic E-state index is 0.167. The van der Waals surface area contributed by atoms with Crippen molar-refractivity contribution >= 4 is 27.6 Å². The van der Waals surface area contributed by atoms with Crippen LogP contribution in [0, 0.1) is 0 Å². The van der Waals surface area contributed by atoms with E-state index in [1.807, 2.05) is 0 Å². The zero-order valence-corrected chi connectivity index (χ0v) is 10.0. The number of H-pyrrole nitrogens is 1. The van der Waals surface area contributed by atoms with Crippen molar-refractivity contribution in [3.63, 3.8) is 0 Å². The standard InChI is InChI=1S/C12H9N.C3H6O/c1-3-7-11-9(5-1)10-6-2-4-8-12(10)13-11;1-3(2)4/h1-8,13H;1-2H3. The predicted molar refractivity (Wildman–Crippen MR) is 72.2 cm³/mol. The number of Topliss-reactive ketones (excluding diaryl/α,β-unsaturated/α-hetero) is 1. The van der Waals surface area contributed by atoms with E-state index in [9.17, 15) is 4.79 Å². The Morgan fingerprint density at radius 1 is 0.824 bits per heavy atom. The Bertz CT molecular complexity index is 598. The van der Waals surface area contributed by atoms with Crippen LogP contribution in [0.3, 0.4) is 0 Å². The average molecular weight is 225 g/mol. The third kappa shape index (κ3) is 2.53. The van der Waals surface area contributed by atoms with Gasteiger partial charge in [0.2, 0.25) is 0 Å². The molecule has 0 spiro atoms. The molecule has 17 heavy (non-hydrogen) atoms. The number of benzene rings is 2. The lowest BCUT2D eigenvalue weighted by atomic mass is 10.2. The van der Waals surface area contributed by atoms with E-state index in [0.29, 0.717) is 0 Å². The summed E-state index contributed by atoms with van der Waals surface area (Å²) in [4.78, 5) is 12.8. The van der Waals surface area contributed by atoms with Crippen LogP contribution in [0.15, 0.2) is 48.5 Å². The zero-order chi connectivity index (χ0) is 12.3. The molecule has 0 aliphatic rings. The maximum absolute atomic E-state index is 9.44. The van der Waals surface area contributed by atoms with Crippen molar-refractivity contribution in [3.05, 3.63) is 48.5 Å². The van der Waals surface area contributed by atoms with Crippen LogP contribution in [0.4, 0.5) is 0 Å². The highest BCUT2D eigenvalue weighted by atomic mass is 16.1. The molecule has 0 aliphatic heterocycles. The van der Waals surface area contributed by atoms with Crippen molar-refractivity contribution in [2.75, 3.05) is 0 Å². The third-order valence-corrected chi connectivity index (χ3v) is 2.41. The summed E-state index contributed by atoms with van der Waals surface area (Å²) in [5.41, 5.74) is 2.42. The van der Waals surface area contributed by atoms with Gasteiger partial charge in [-0.15, -0.1) is 0 Å². The van der Waals surface area contributed by atoms with Gasteiger partial charge in [0.15, 0.2) is 0 Å². The lowest BCUT2D eigenvalue weighted by molar-refractivity contribution is -0.114. The van der Waals surface area contributed by atoms with E-state index >= 15 is 0 Å². The van der Waals surface area contributed by atoms with Crippen LogP contribution in [0.5, 0.6) is 0 Å². The van der Waals surface area contributed by atoms with Crippen LogP contribution in [-0.4, -0.2) is 10.8 Å². The Morgan fingerprint density at radius 2 is 1.18 bits per heavy atom. The molecule has 1 N–H and O–H groups in total. The van der Waals surface area contributed by atoms with Gasteiger partial charge in [-0.3, -0.25) is 0 Å². The molecule has 86 valence electrons. The van der Waals surface area contributed by atoms with Gasteiger partial charge in [-0.1, -0.05) is 36.4 Å². The molecule has 1 heterocycles. The van der Waals surface area contributed by atoms with E-state index in [2.05, 4.69) is 53.5 Å². The number of carbonyl (C=O) groups excluding carboxylic acids is 1. The SMILES string of the molecule is CC(C)=O.c1ccc2c(c1)[nH]c1ccccc12. The van der Waals surface area contributed by atoms with Crippen molar-refractivity contribution < 1.29 is 4.79 Å². The number of fused-ring (bicyclic) bond motifs is 3. The molecular formula is C15H15NO. The summed E-state index contributed by atoms with van der Waals surface area (Å²) in [5.74, 6) is 0.167. The Balaban J connectivity index is 0.000000239. The second-order valence-corrected chi connectivity index (χ2v) is 4.12. The first-order valence-electron chi connectivity index (χ1n) is 5.61. The van der Waals surface area contributed by atoms with Crippen LogP contribution < -0.4 is 0 Å². The van der Waals surface area contributed by atoms with E-state index in [0.717, 1.165) is 0 Å². The number of aromatic amines is 1. The van der Waals surface area contributed by atoms with E-state index in [4.69, 9.17) is 0 Å². The molecule has 0 unspecified atom stereocenters. The molecule has 2 heteroatoms. The van der Waals surface area contributed by atoms with E-state index < -0.39 is 0 Å². The number of hydrogen-bond donors (Lipinski definition) is 1. The van der Waals surface area contributed by atoms with Gasteiger partial charge < -0.3 is 9.78 Å². The first-order valence-corrected chi connectivity index (χ1v) is 5.61. The summed E-state index contributed by atoms with van der Waals surface area (Å²) in [7, 11) is 0. The monoisotopic (exact) mass is 225 g/mol. The molecule has 0 aliphatic carbocycles. The number of ketones is 1. The number of aromatic nitrogens is 1. The van der Waals surface area contributed by atoms with Crippen LogP contribution >= 0.6 is 0 Å². The zero-order valence-electron chi connectivity index (χ0n) is 10.0. The minimum absolute atomic E-state index is 0.167. The lowest BCUT2D eigenvalue weighted by Crippen LogP contribution is -1.69. The van der Waals surface area contributed by atoms with Crippen molar-refractivity contribution in [1.29, 1.82) is 0 Å². The van der Waals surface area contributed by atoms with Crippen LogP contribution in [0.2, 0.25) is 0 Å². The van der Waals surface area contributed by atoms with Crippen LogP contribution in [0.1, 0.15) is 13.8 Å². The number of para-hydroxylation sites is 2. The second kappa shape index (κ2) is 4.83. The van der Waals surface area contributed by atoms with Gasteiger partial charge in [0.1, 0.15) is 5.78 Å². The first kappa shape index (κ1) is 11.4. The number of rotatable bonds is 0. The molecular weight excluding hydrogens is 210 g/mol. The molecule has 0 saturated carbocycles. The maximum atomic E-state index is 9.44. The topological polar surface area (TPSA) is 32.9 Å². The van der Waals surface area contributed by atoms with Gasteiger partial charge >= 0.3 is 0 Å². The molecule has 0 amide bonds. The quantitative estimate of drug-likeness (QED) is 0.618. The summed E-state index contributed by atoms with van der Waals surface area (Å²) in [5, 5.41) is 2.61. The van der Waals surface area contributed by atoms with Crippen molar-refractivity contribution in [2.24, 2.45) is 0 Å². The Hall–Kier alpha value is -2.09. The molecule has 3 rings (SSSR count). The van der Waals surface area contributed by atoms with E-state index in [1.54, 1.807) is 0 Å². The van der Waals surface area contributed by atoms with Crippen molar-refractivity contribution in [3.8, 4) is 0 Å².